The van der Waals surface area contributed by atoms with E-state index in [-0.39, 0.29) is 29.6 Å². The van der Waals surface area contributed by atoms with Gasteiger partial charge in [0.25, 0.3) is 0 Å². The molecule has 0 heterocycles. The Labute approximate surface area is 115 Å². The first-order valence-corrected chi connectivity index (χ1v) is 5.35. The summed E-state index contributed by atoms with van der Waals surface area (Å²) in [4.78, 5) is 11.1. The van der Waals surface area contributed by atoms with Crippen molar-refractivity contribution in [1.82, 2.24) is 0 Å². The van der Waals surface area contributed by atoms with Gasteiger partial charge in [-0.1, -0.05) is 11.6 Å². The zero-order valence-corrected chi connectivity index (χ0v) is 11.1. The highest BCUT2D eigenvalue weighted by atomic mass is 35.5. The first-order chi connectivity index (χ1) is 7.95. The molecule has 0 bridgehead atoms. The highest BCUT2D eigenvalue weighted by molar-refractivity contribution is 6.30. The Morgan fingerprint density at radius 2 is 2.11 bits per heavy atom. The quantitative estimate of drug-likeness (QED) is 0.870. The van der Waals surface area contributed by atoms with E-state index in [1.807, 2.05) is 0 Å². The molecule has 1 rings (SSSR count). The second kappa shape index (κ2) is 7.51. The lowest BCUT2D eigenvalue weighted by Gasteiger charge is -2.16. The van der Waals surface area contributed by atoms with Crippen LogP contribution in [0.4, 0.5) is 8.78 Å². The first-order valence-electron chi connectivity index (χ1n) is 4.98. The summed E-state index contributed by atoms with van der Waals surface area (Å²) in [7, 11) is 0. The van der Waals surface area contributed by atoms with Gasteiger partial charge >= 0.3 is 5.97 Å². The predicted molar refractivity (Wildman–Crippen MR) is 67.1 cm³/mol. The summed E-state index contributed by atoms with van der Waals surface area (Å²) in [5.74, 6) is -1.71. The molecular weight excluding hydrogens is 287 g/mol. The highest BCUT2D eigenvalue weighted by Gasteiger charge is 2.28. The SMILES string of the molecule is CCOC(=O)C(F)[C@H](N)c1cc(F)cc(Cl)c1.Cl. The van der Waals surface area contributed by atoms with E-state index in [2.05, 4.69) is 4.74 Å². The molecule has 18 heavy (non-hydrogen) atoms. The summed E-state index contributed by atoms with van der Waals surface area (Å²) in [5.41, 5.74) is 5.61. The van der Waals surface area contributed by atoms with Crippen molar-refractivity contribution in [3.63, 3.8) is 0 Å². The maximum atomic E-state index is 13.6. The molecule has 2 atom stereocenters. The van der Waals surface area contributed by atoms with Gasteiger partial charge in [0.15, 0.2) is 0 Å². The minimum atomic E-state index is -2.05. The molecule has 102 valence electrons. The zero-order valence-electron chi connectivity index (χ0n) is 9.53. The van der Waals surface area contributed by atoms with E-state index in [9.17, 15) is 13.6 Å². The number of carbonyl (C=O) groups is 1. The molecule has 0 aromatic heterocycles. The van der Waals surface area contributed by atoms with E-state index < -0.39 is 24.0 Å². The standard InChI is InChI=1S/C11H12ClF2NO2.ClH/c1-2-17-11(16)9(14)10(15)6-3-7(12)5-8(13)4-6;/h3-5,9-10H,2,15H2,1H3;1H/t9?,10-;/m1./s1. The van der Waals surface area contributed by atoms with Crippen LogP contribution < -0.4 is 5.73 Å². The molecule has 0 spiro atoms. The van der Waals surface area contributed by atoms with Crippen molar-refractivity contribution in [2.75, 3.05) is 6.61 Å². The van der Waals surface area contributed by atoms with Gasteiger partial charge in [-0.2, -0.15) is 0 Å². The molecule has 7 heteroatoms. The molecule has 2 N–H and O–H groups in total. The van der Waals surface area contributed by atoms with E-state index in [1.165, 1.54) is 6.07 Å². The molecule has 0 saturated carbocycles. The van der Waals surface area contributed by atoms with Crippen molar-refractivity contribution in [3.8, 4) is 0 Å². The topological polar surface area (TPSA) is 52.3 Å². The maximum absolute atomic E-state index is 13.6. The van der Waals surface area contributed by atoms with E-state index in [4.69, 9.17) is 17.3 Å². The van der Waals surface area contributed by atoms with Crippen molar-refractivity contribution in [1.29, 1.82) is 0 Å². The van der Waals surface area contributed by atoms with Crippen molar-refractivity contribution >= 4 is 30.0 Å². The van der Waals surface area contributed by atoms with Crippen LogP contribution in [0.5, 0.6) is 0 Å². The number of nitrogens with two attached hydrogens (primary N) is 1. The minimum Gasteiger partial charge on any atom is -0.464 e. The zero-order chi connectivity index (χ0) is 13.0. The van der Waals surface area contributed by atoms with E-state index in [1.54, 1.807) is 6.92 Å². The van der Waals surface area contributed by atoms with E-state index >= 15 is 0 Å². The molecule has 1 aromatic carbocycles. The molecular formula is C11H13Cl2F2NO2. The van der Waals surface area contributed by atoms with Crippen LogP contribution in [0.3, 0.4) is 0 Å². The molecule has 1 aromatic rings. The lowest BCUT2D eigenvalue weighted by molar-refractivity contribution is -0.149. The molecule has 1 unspecified atom stereocenters. The first kappa shape index (κ1) is 17.1. The van der Waals surface area contributed by atoms with Gasteiger partial charge in [0.05, 0.1) is 12.6 Å². The number of hydrogen-bond acceptors (Lipinski definition) is 3. The fourth-order valence-corrected chi connectivity index (χ4v) is 1.54. The molecule has 0 aliphatic carbocycles. The van der Waals surface area contributed by atoms with Gasteiger partial charge in [0.2, 0.25) is 6.17 Å². The van der Waals surface area contributed by atoms with Gasteiger partial charge in [-0.05, 0) is 30.7 Å². The van der Waals surface area contributed by atoms with E-state index in [0.717, 1.165) is 12.1 Å². The summed E-state index contributed by atoms with van der Waals surface area (Å²) in [6.45, 7) is 1.60. The second-order valence-corrected chi connectivity index (χ2v) is 3.82. The lowest BCUT2D eigenvalue weighted by Crippen LogP contribution is -2.31. The maximum Gasteiger partial charge on any atom is 0.342 e. The third kappa shape index (κ3) is 4.40. The third-order valence-corrected chi connectivity index (χ3v) is 2.32. The number of alkyl halides is 1. The van der Waals surface area contributed by atoms with Crippen molar-refractivity contribution in [2.45, 2.75) is 19.1 Å². The van der Waals surface area contributed by atoms with Gasteiger partial charge in [-0.25, -0.2) is 13.6 Å². The van der Waals surface area contributed by atoms with E-state index in [0.29, 0.717) is 0 Å². The molecule has 0 aliphatic rings. The van der Waals surface area contributed by atoms with Gasteiger partial charge in [0, 0.05) is 5.02 Å². The Hall–Kier alpha value is -0.910. The number of benzene rings is 1. The Kier molecular flexibility index (Phi) is 7.13. The number of ether oxygens (including phenoxy) is 1. The normalized spacial score (nSPS) is 13.4. The Morgan fingerprint density at radius 3 is 2.61 bits per heavy atom. The summed E-state index contributed by atoms with van der Waals surface area (Å²) in [6.07, 6.45) is -2.05. The van der Waals surface area contributed by atoms with Crippen LogP contribution in [-0.4, -0.2) is 18.7 Å². The van der Waals surface area contributed by atoms with Crippen molar-refractivity contribution < 1.29 is 18.3 Å². The van der Waals surface area contributed by atoms with Crippen LogP contribution in [0.25, 0.3) is 0 Å². The van der Waals surface area contributed by atoms with Crippen LogP contribution in [0, 0.1) is 5.82 Å². The average Bonchev–Trinajstić information content (AvgIpc) is 2.26. The average molecular weight is 300 g/mol. The minimum absolute atomic E-state index is 0. The second-order valence-electron chi connectivity index (χ2n) is 3.38. The number of carbonyl (C=O) groups excluding carboxylic acids is 1. The number of rotatable bonds is 4. The Morgan fingerprint density at radius 1 is 1.50 bits per heavy atom. The summed E-state index contributed by atoms with van der Waals surface area (Å²) < 4.78 is 31.1. The number of esters is 1. The van der Waals surface area contributed by atoms with Gasteiger partial charge < -0.3 is 10.5 Å². The molecule has 0 radical (unpaired) electrons. The highest BCUT2D eigenvalue weighted by Crippen LogP contribution is 2.22. The van der Waals surface area contributed by atoms with Gasteiger partial charge in [0.1, 0.15) is 5.82 Å². The largest absolute Gasteiger partial charge is 0.464 e. The number of halogens is 4. The van der Waals surface area contributed by atoms with Gasteiger partial charge in [-0.15, -0.1) is 12.4 Å². The molecule has 0 saturated heterocycles. The Balaban J connectivity index is 0.00000289. The monoisotopic (exact) mass is 299 g/mol. The molecule has 3 nitrogen and oxygen atoms in total. The lowest BCUT2D eigenvalue weighted by atomic mass is 10.0. The predicted octanol–water partition coefficient (Wildman–Crippen LogP) is 2.80. The molecule has 0 aliphatic heterocycles. The van der Waals surface area contributed by atoms with Gasteiger partial charge in [-0.3, -0.25) is 0 Å². The smallest absolute Gasteiger partial charge is 0.342 e. The summed E-state index contributed by atoms with van der Waals surface area (Å²) in [5, 5.41) is 0.0894. The number of hydrogen-bond donors (Lipinski definition) is 1. The summed E-state index contributed by atoms with van der Waals surface area (Å²) in [6, 6.07) is 2.10. The molecule has 0 amide bonds. The fourth-order valence-electron chi connectivity index (χ4n) is 1.31. The van der Waals surface area contributed by atoms with Crippen LogP contribution in [0.1, 0.15) is 18.5 Å². The Bertz CT molecular complexity index is 398. The third-order valence-electron chi connectivity index (χ3n) is 2.10. The van der Waals surface area contributed by atoms with Crippen molar-refractivity contribution in [2.24, 2.45) is 5.73 Å². The van der Waals surface area contributed by atoms with Crippen LogP contribution in [0.15, 0.2) is 18.2 Å². The molecule has 0 fully saturated rings. The van der Waals surface area contributed by atoms with Crippen molar-refractivity contribution in [3.05, 3.63) is 34.6 Å². The fraction of sp³-hybridized carbons (Fsp3) is 0.364. The van der Waals surface area contributed by atoms with Crippen LogP contribution in [-0.2, 0) is 9.53 Å². The summed E-state index contributed by atoms with van der Waals surface area (Å²) >= 11 is 5.61. The van der Waals surface area contributed by atoms with Crippen LogP contribution in [0.2, 0.25) is 5.02 Å². The van der Waals surface area contributed by atoms with Crippen LogP contribution >= 0.6 is 24.0 Å².